The zero-order valence-electron chi connectivity index (χ0n) is 19.3. The number of carbonyl (C=O) groups is 3. The van der Waals surface area contributed by atoms with Crippen LogP contribution in [0, 0.1) is 0 Å². The Kier molecular flexibility index (Phi) is 8.98. The minimum Gasteiger partial charge on any atom is -0.490 e. The molecule has 0 aliphatic carbocycles. The van der Waals surface area contributed by atoms with Crippen LogP contribution < -0.4 is 14.2 Å². The topological polar surface area (TPSA) is 91.4 Å². The molecule has 0 saturated carbocycles. The lowest BCUT2D eigenvalue weighted by atomic mass is 10.2. The normalized spacial score (nSPS) is 14.6. The van der Waals surface area contributed by atoms with Crippen molar-refractivity contribution in [1.82, 2.24) is 4.90 Å². The van der Waals surface area contributed by atoms with E-state index in [0.717, 1.165) is 22.4 Å². The molecular weight excluding hydrogens is 458 g/mol. The lowest BCUT2D eigenvalue weighted by Crippen LogP contribution is -2.35. The third kappa shape index (κ3) is 7.02. The van der Waals surface area contributed by atoms with Gasteiger partial charge >= 0.3 is 5.97 Å². The molecule has 1 aliphatic heterocycles. The van der Waals surface area contributed by atoms with Crippen LogP contribution in [0.1, 0.15) is 26.3 Å². The second-order valence-electron chi connectivity index (χ2n) is 7.46. The van der Waals surface area contributed by atoms with Crippen LogP contribution in [0.5, 0.6) is 17.2 Å². The number of amides is 2. The van der Waals surface area contributed by atoms with E-state index in [4.69, 9.17) is 18.9 Å². The summed E-state index contributed by atoms with van der Waals surface area (Å²) in [6, 6.07) is 14.7. The Labute approximate surface area is 202 Å². The summed E-state index contributed by atoms with van der Waals surface area (Å²) in [5, 5.41) is -0.514. The van der Waals surface area contributed by atoms with Gasteiger partial charge in [0, 0.05) is 0 Å². The highest BCUT2D eigenvalue weighted by atomic mass is 32.2. The number of rotatable bonds is 11. The largest absolute Gasteiger partial charge is 0.490 e. The molecule has 9 heteroatoms. The fourth-order valence-electron chi connectivity index (χ4n) is 3.05. The van der Waals surface area contributed by atoms with Crippen LogP contribution in [-0.4, -0.2) is 54.5 Å². The van der Waals surface area contributed by atoms with Crippen LogP contribution in [0.15, 0.2) is 53.4 Å². The highest BCUT2D eigenvalue weighted by Crippen LogP contribution is 2.34. The minimum absolute atomic E-state index is 0.217. The van der Waals surface area contributed by atoms with Gasteiger partial charge in [-0.25, -0.2) is 0 Å². The fourth-order valence-corrected chi connectivity index (χ4v) is 3.89. The van der Waals surface area contributed by atoms with Gasteiger partial charge in [0.05, 0.1) is 17.6 Å². The second kappa shape index (κ2) is 12.1. The van der Waals surface area contributed by atoms with Crippen molar-refractivity contribution in [1.29, 1.82) is 0 Å². The molecule has 34 heavy (non-hydrogen) atoms. The first-order valence-corrected chi connectivity index (χ1v) is 11.7. The number of hydrogen-bond donors (Lipinski definition) is 0. The third-order valence-electron chi connectivity index (χ3n) is 4.45. The summed E-state index contributed by atoms with van der Waals surface area (Å²) in [5.41, 5.74) is 0.659. The Bertz CT molecular complexity index is 1050. The van der Waals surface area contributed by atoms with Gasteiger partial charge in [-0.1, -0.05) is 24.3 Å². The van der Waals surface area contributed by atoms with E-state index in [9.17, 15) is 14.4 Å². The average molecular weight is 486 g/mol. The summed E-state index contributed by atoms with van der Waals surface area (Å²) in [5.74, 6) is 0.649. The van der Waals surface area contributed by atoms with Gasteiger partial charge in [-0.3, -0.25) is 19.3 Å². The molecule has 0 aromatic heterocycles. The molecule has 1 aliphatic rings. The molecule has 180 valence electrons. The number of thioether (sulfide) groups is 1. The van der Waals surface area contributed by atoms with Crippen molar-refractivity contribution in [3.05, 3.63) is 59.0 Å². The SMILES string of the molecule is CCOc1cc(/C=C2\SC(=O)N(CC(=O)OC(C)C)C2=O)ccc1OCCOc1ccccc1. The summed E-state index contributed by atoms with van der Waals surface area (Å²) in [7, 11) is 0. The van der Waals surface area contributed by atoms with Crippen molar-refractivity contribution >= 4 is 35.0 Å². The number of esters is 1. The van der Waals surface area contributed by atoms with Crippen LogP contribution in [0.2, 0.25) is 0 Å². The Balaban J connectivity index is 1.65. The van der Waals surface area contributed by atoms with Crippen molar-refractivity contribution in [2.45, 2.75) is 26.9 Å². The summed E-state index contributed by atoms with van der Waals surface area (Å²) >= 11 is 0.778. The average Bonchev–Trinajstić information content (AvgIpc) is 3.05. The number of nitrogens with zero attached hydrogens (tertiary/aromatic N) is 1. The molecule has 0 N–H and O–H groups in total. The first kappa shape index (κ1) is 25.2. The molecule has 0 radical (unpaired) electrons. The monoisotopic (exact) mass is 485 g/mol. The smallest absolute Gasteiger partial charge is 0.326 e. The molecule has 0 unspecified atom stereocenters. The van der Waals surface area contributed by atoms with E-state index in [0.29, 0.717) is 36.9 Å². The zero-order chi connectivity index (χ0) is 24.5. The van der Waals surface area contributed by atoms with E-state index in [1.807, 2.05) is 37.3 Å². The van der Waals surface area contributed by atoms with Gasteiger partial charge in [0.1, 0.15) is 25.5 Å². The van der Waals surface area contributed by atoms with E-state index in [1.54, 1.807) is 38.1 Å². The maximum Gasteiger partial charge on any atom is 0.326 e. The lowest BCUT2D eigenvalue weighted by Gasteiger charge is -2.14. The predicted molar refractivity (Wildman–Crippen MR) is 129 cm³/mol. The molecular formula is C25H27NO7S. The third-order valence-corrected chi connectivity index (χ3v) is 5.35. The van der Waals surface area contributed by atoms with Crippen LogP contribution in [0.4, 0.5) is 4.79 Å². The van der Waals surface area contributed by atoms with E-state index in [1.165, 1.54) is 0 Å². The number of para-hydroxylation sites is 1. The maximum atomic E-state index is 12.6. The fraction of sp³-hybridized carbons (Fsp3) is 0.320. The highest BCUT2D eigenvalue weighted by molar-refractivity contribution is 8.18. The van der Waals surface area contributed by atoms with Crippen molar-refractivity contribution in [2.75, 3.05) is 26.4 Å². The van der Waals surface area contributed by atoms with Crippen molar-refractivity contribution in [3.63, 3.8) is 0 Å². The van der Waals surface area contributed by atoms with Gasteiger partial charge in [0.2, 0.25) is 0 Å². The number of ether oxygens (including phenoxy) is 4. The van der Waals surface area contributed by atoms with Crippen LogP contribution >= 0.6 is 11.8 Å². The van der Waals surface area contributed by atoms with Gasteiger partial charge in [-0.15, -0.1) is 0 Å². The van der Waals surface area contributed by atoms with E-state index in [2.05, 4.69) is 0 Å². The van der Waals surface area contributed by atoms with E-state index < -0.39 is 23.7 Å². The molecule has 0 spiro atoms. The molecule has 3 rings (SSSR count). The number of carbonyl (C=O) groups excluding carboxylic acids is 3. The number of hydrogen-bond acceptors (Lipinski definition) is 8. The first-order chi connectivity index (χ1) is 16.4. The van der Waals surface area contributed by atoms with Crippen molar-refractivity contribution in [2.24, 2.45) is 0 Å². The maximum absolute atomic E-state index is 12.6. The summed E-state index contributed by atoms with van der Waals surface area (Å²) < 4.78 is 22.2. The lowest BCUT2D eigenvalue weighted by molar-refractivity contribution is -0.149. The van der Waals surface area contributed by atoms with Gasteiger partial charge in [0.25, 0.3) is 11.1 Å². The molecule has 0 bridgehead atoms. The standard InChI is InChI=1S/C25H27NO7S/c1-4-30-21-14-18(10-11-20(21)32-13-12-31-19-8-6-5-7-9-19)15-22-24(28)26(25(29)34-22)16-23(27)33-17(2)3/h5-11,14-15,17H,4,12-13,16H2,1-3H3/b22-15-. The molecule has 1 heterocycles. The van der Waals surface area contributed by atoms with Crippen molar-refractivity contribution < 1.29 is 33.3 Å². The predicted octanol–water partition coefficient (Wildman–Crippen LogP) is 4.53. The van der Waals surface area contributed by atoms with Crippen molar-refractivity contribution in [3.8, 4) is 17.2 Å². The van der Waals surface area contributed by atoms with Crippen LogP contribution in [-0.2, 0) is 14.3 Å². The Hall–Kier alpha value is -3.46. The Morgan fingerprint density at radius 1 is 1.00 bits per heavy atom. The summed E-state index contributed by atoms with van der Waals surface area (Å²) in [6.45, 7) is 5.95. The minimum atomic E-state index is -0.630. The van der Waals surface area contributed by atoms with Gasteiger partial charge in [-0.05, 0) is 68.4 Å². The molecule has 8 nitrogen and oxygen atoms in total. The molecule has 0 atom stereocenters. The number of benzene rings is 2. The number of imide groups is 1. The molecule has 1 fully saturated rings. The zero-order valence-corrected chi connectivity index (χ0v) is 20.1. The van der Waals surface area contributed by atoms with Gasteiger partial charge in [-0.2, -0.15) is 0 Å². The first-order valence-electron chi connectivity index (χ1n) is 10.9. The molecule has 2 amide bonds. The van der Waals surface area contributed by atoms with Crippen LogP contribution in [0.3, 0.4) is 0 Å². The Morgan fingerprint density at radius 3 is 2.44 bits per heavy atom. The Morgan fingerprint density at radius 2 is 1.74 bits per heavy atom. The molecule has 2 aromatic rings. The quantitative estimate of drug-likeness (QED) is 0.260. The molecule has 1 saturated heterocycles. The molecule has 2 aromatic carbocycles. The van der Waals surface area contributed by atoms with E-state index in [-0.39, 0.29) is 11.0 Å². The summed E-state index contributed by atoms with van der Waals surface area (Å²) in [6.07, 6.45) is 1.26. The van der Waals surface area contributed by atoms with Gasteiger partial charge < -0.3 is 18.9 Å². The second-order valence-corrected chi connectivity index (χ2v) is 8.45. The van der Waals surface area contributed by atoms with Gasteiger partial charge in [0.15, 0.2) is 11.5 Å². The van der Waals surface area contributed by atoms with Crippen LogP contribution in [0.25, 0.3) is 6.08 Å². The highest BCUT2D eigenvalue weighted by Gasteiger charge is 2.36. The summed E-state index contributed by atoms with van der Waals surface area (Å²) in [4.78, 5) is 37.9. The van der Waals surface area contributed by atoms with E-state index >= 15 is 0 Å².